The lowest BCUT2D eigenvalue weighted by Gasteiger charge is -2.43. The number of aromatic nitrogens is 1. The van der Waals surface area contributed by atoms with Crippen LogP contribution in [0.4, 0.5) is 13.6 Å². The zero-order valence-corrected chi connectivity index (χ0v) is 17.6. The number of rotatable bonds is 2. The topological polar surface area (TPSA) is 91.4 Å². The third kappa shape index (κ3) is 3.15. The molecule has 1 unspecified atom stereocenters. The van der Waals surface area contributed by atoms with Crippen molar-refractivity contribution in [3.63, 3.8) is 0 Å². The van der Waals surface area contributed by atoms with E-state index in [1.54, 1.807) is 42.5 Å². The van der Waals surface area contributed by atoms with Crippen LogP contribution in [0.2, 0.25) is 5.02 Å². The van der Waals surface area contributed by atoms with E-state index in [0.717, 1.165) is 6.07 Å². The van der Waals surface area contributed by atoms with E-state index in [4.69, 9.17) is 11.6 Å². The van der Waals surface area contributed by atoms with E-state index in [2.05, 4.69) is 15.6 Å². The lowest BCUT2D eigenvalue weighted by atomic mass is 9.85. The van der Waals surface area contributed by atoms with Gasteiger partial charge in [0.05, 0.1) is 17.8 Å². The Kier molecular flexibility index (Phi) is 4.68. The van der Waals surface area contributed by atoms with Gasteiger partial charge in [-0.2, -0.15) is 8.78 Å². The average Bonchev–Trinajstić information content (AvgIpc) is 3.10. The number of nitrogens with zero attached hydrogens (tertiary/aromatic N) is 2. The summed E-state index contributed by atoms with van der Waals surface area (Å²) in [5.41, 5.74) is -1.83. The van der Waals surface area contributed by atoms with Crippen molar-refractivity contribution in [3.8, 4) is 11.1 Å². The predicted molar refractivity (Wildman–Crippen MR) is 114 cm³/mol. The van der Waals surface area contributed by atoms with Crippen LogP contribution in [0.3, 0.4) is 0 Å². The molecule has 2 aliphatic rings. The Morgan fingerprint density at radius 2 is 1.76 bits per heavy atom. The highest BCUT2D eigenvalue weighted by molar-refractivity contribution is 6.30. The van der Waals surface area contributed by atoms with Crippen LogP contribution < -0.4 is 10.6 Å². The highest BCUT2D eigenvalue weighted by Crippen LogP contribution is 2.45. The lowest BCUT2D eigenvalue weighted by Crippen LogP contribution is -2.62. The third-order valence-corrected chi connectivity index (χ3v) is 6.02. The number of hydrogen-bond donors (Lipinski definition) is 2. The molecule has 2 aromatic carbocycles. The maximum absolute atomic E-state index is 15.6. The van der Waals surface area contributed by atoms with E-state index in [-0.39, 0.29) is 11.3 Å². The van der Waals surface area contributed by atoms with Crippen LogP contribution in [0.5, 0.6) is 0 Å². The monoisotopic (exact) mass is 468 g/mol. The van der Waals surface area contributed by atoms with Crippen molar-refractivity contribution in [1.29, 1.82) is 0 Å². The van der Waals surface area contributed by atoms with Gasteiger partial charge in [-0.3, -0.25) is 24.8 Å². The first kappa shape index (κ1) is 21.0. The molecule has 33 heavy (non-hydrogen) atoms. The number of imide groups is 1. The third-order valence-electron chi connectivity index (χ3n) is 5.77. The molecule has 1 aromatic heterocycles. The van der Waals surface area contributed by atoms with Crippen LogP contribution in [0.15, 0.2) is 66.9 Å². The van der Waals surface area contributed by atoms with Crippen LogP contribution in [0.25, 0.3) is 11.1 Å². The number of pyridine rings is 1. The minimum Gasteiger partial charge on any atom is -0.317 e. The maximum Gasteiger partial charge on any atom is 0.357 e. The molecular weight excluding hydrogens is 454 g/mol. The Labute approximate surface area is 191 Å². The SMILES string of the molecule is O=C1NC(=O)C2(CN(C(=O)c3ccccc3-c3ccc(Cl)cc3)C(F)(F)c3cccnc32)N1. The summed E-state index contributed by atoms with van der Waals surface area (Å²) in [6, 6.07) is 10.6. The van der Waals surface area contributed by atoms with Gasteiger partial charge in [0.25, 0.3) is 11.8 Å². The van der Waals surface area contributed by atoms with Gasteiger partial charge < -0.3 is 5.32 Å². The number of hydrogen-bond acceptors (Lipinski definition) is 4. The molecule has 1 fully saturated rings. The fourth-order valence-corrected chi connectivity index (χ4v) is 4.34. The van der Waals surface area contributed by atoms with Gasteiger partial charge in [-0.25, -0.2) is 4.79 Å². The number of amides is 4. The number of halogens is 3. The van der Waals surface area contributed by atoms with Crippen LogP contribution in [-0.2, 0) is 16.4 Å². The van der Waals surface area contributed by atoms with E-state index in [0.29, 0.717) is 21.0 Å². The summed E-state index contributed by atoms with van der Waals surface area (Å²) in [7, 11) is 0. The number of alkyl halides is 2. The van der Waals surface area contributed by atoms with Gasteiger partial charge in [-0.15, -0.1) is 0 Å². The molecule has 0 radical (unpaired) electrons. The van der Waals surface area contributed by atoms with Gasteiger partial charge in [0.15, 0.2) is 5.54 Å². The summed E-state index contributed by atoms with van der Waals surface area (Å²) in [6.07, 6.45) is 1.25. The lowest BCUT2D eigenvalue weighted by molar-refractivity contribution is -0.155. The molecule has 2 aliphatic heterocycles. The Bertz CT molecular complexity index is 1320. The zero-order valence-electron chi connectivity index (χ0n) is 16.8. The van der Waals surface area contributed by atoms with E-state index < -0.39 is 41.5 Å². The van der Waals surface area contributed by atoms with Gasteiger partial charge in [0.1, 0.15) is 0 Å². The number of urea groups is 1. The molecule has 0 bridgehead atoms. The number of fused-ring (bicyclic) bond motifs is 2. The summed E-state index contributed by atoms with van der Waals surface area (Å²) in [4.78, 5) is 42.5. The number of carbonyl (C=O) groups is 3. The van der Waals surface area contributed by atoms with Gasteiger partial charge in [-0.05, 0) is 41.5 Å². The number of nitrogens with one attached hydrogen (secondary N) is 2. The van der Waals surface area contributed by atoms with E-state index >= 15 is 8.78 Å². The predicted octanol–water partition coefficient (Wildman–Crippen LogP) is 3.64. The molecular formula is C23H15ClF2N4O3. The minimum atomic E-state index is -3.79. The normalized spacial score (nSPS) is 20.9. The van der Waals surface area contributed by atoms with Crippen molar-refractivity contribution in [1.82, 2.24) is 20.5 Å². The van der Waals surface area contributed by atoms with Crippen molar-refractivity contribution in [2.75, 3.05) is 6.54 Å². The van der Waals surface area contributed by atoms with Crippen LogP contribution in [-0.4, -0.2) is 34.3 Å². The summed E-state index contributed by atoms with van der Waals surface area (Å²) in [5.74, 6) is -1.86. The molecule has 166 valence electrons. The summed E-state index contributed by atoms with van der Waals surface area (Å²) in [5, 5.41) is 4.95. The van der Waals surface area contributed by atoms with Crippen molar-refractivity contribution in [2.45, 2.75) is 11.6 Å². The van der Waals surface area contributed by atoms with Crippen LogP contribution in [0.1, 0.15) is 21.6 Å². The molecule has 1 spiro atoms. The number of carbonyl (C=O) groups excluding carboxylic acids is 3. The second-order valence-corrected chi connectivity index (χ2v) is 8.13. The van der Waals surface area contributed by atoms with E-state index in [1.807, 2.05) is 0 Å². The first-order valence-electron chi connectivity index (χ1n) is 9.88. The molecule has 2 N–H and O–H groups in total. The van der Waals surface area contributed by atoms with E-state index in [9.17, 15) is 14.4 Å². The summed E-state index contributed by atoms with van der Waals surface area (Å²) in [6.45, 7) is -0.796. The average molecular weight is 469 g/mol. The van der Waals surface area contributed by atoms with Crippen molar-refractivity contribution < 1.29 is 23.2 Å². The highest BCUT2D eigenvalue weighted by Gasteiger charge is 2.62. The molecule has 0 saturated carbocycles. The van der Waals surface area contributed by atoms with Crippen molar-refractivity contribution in [3.05, 3.63) is 88.7 Å². The second-order valence-electron chi connectivity index (χ2n) is 7.70. The molecule has 0 aliphatic carbocycles. The maximum atomic E-state index is 15.6. The van der Waals surface area contributed by atoms with Gasteiger partial charge >= 0.3 is 12.1 Å². The minimum absolute atomic E-state index is 0.00622. The van der Waals surface area contributed by atoms with Crippen molar-refractivity contribution in [2.24, 2.45) is 0 Å². The second kappa shape index (κ2) is 7.35. The summed E-state index contributed by atoms with van der Waals surface area (Å²) < 4.78 is 31.3. The fraction of sp³-hybridized carbons (Fsp3) is 0.130. The van der Waals surface area contributed by atoms with Gasteiger partial charge in [0, 0.05) is 16.8 Å². The van der Waals surface area contributed by atoms with Gasteiger partial charge in [-0.1, -0.05) is 41.9 Å². The molecule has 4 amide bonds. The summed E-state index contributed by atoms with van der Waals surface area (Å²) >= 11 is 5.95. The number of benzene rings is 2. The molecule has 3 aromatic rings. The van der Waals surface area contributed by atoms with Crippen LogP contribution >= 0.6 is 11.6 Å². The van der Waals surface area contributed by atoms with E-state index in [1.165, 1.54) is 18.3 Å². The molecule has 10 heteroatoms. The molecule has 3 heterocycles. The quantitative estimate of drug-likeness (QED) is 0.444. The molecule has 1 saturated heterocycles. The smallest absolute Gasteiger partial charge is 0.317 e. The largest absolute Gasteiger partial charge is 0.357 e. The molecule has 5 rings (SSSR count). The Morgan fingerprint density at radius 3 is 2.45 bits per heavy atom. The van der Waals surface area contributed by atoms with Gasteiger partial charge in [0.2, 0.25) is 0 Å². The Hall–Kier alpha value is -3.85. The van der Waals surface area contributed by atoms with Crippen LogP contribution in [0, 0.1) is 0 Å². The molecule has 7 nitrogen and oxygen atoms in total. The fourth-order valence-electron chi connectivity index (χ4n) is 4.21. The highest BCUT2D eigenvalue weighted by atomic mass is 35.5. The standard InChI is InChI=1S/C23H15ClF2N4O3/c24-14-9-7-13(8-10-14)15-4-1-2-5-16(15)19(31)30-12-22(20(32)28-21(33)29-22)18-17(23(30,25)26)6-3-11-27-18/h1-11H,12H2,(H2,28,29,32,33). The Balaban J connectivity index is 1.65. The molecule has 1 atom stereocenters. The Morgan fingerprint density at radius 1 is 1.03 bits per heavy atom. The zero-order chi connectivity index (χ0) is 23.4. The first-order chi connectivity index (χ1) is 15.7. The van der Waals surface area contributed by atoms with Crippen molar-refractivity contribution >= 4 is 29.4 Å². The first-order valence-corrected chi connectivity index (χ1v) is 10.3.